The van der Waals surface area contributed by atoms with Crippen molar-refractivity contribution in [2.45, 2.75) is 37.2 Å². The average molecular weight is 357 g/mol. The second-order valence-corrected chi connectivity index (χ2v) is 8.16. The Hall–Kier alpha value is -1.64. The first-order valence-corrected chi connectivity index (χ1v) is 9.21. The summed E-state index contributed by atoms with van der Waals surface area (Å²) in [6.07, 6.45) is -0.931. The molecule has 0 aromatic heterocycles. The molecule has 24 heavy (non-hydrogen) atoms. The van der Waals surface area contributed by atoms with Crippen LogP contribution >= 0.6 is 0 Å². The van der Waals surface area contributed by atoms with Crippen LogP contribution in [-0.2, 0) is 14.8 Å². The Morgan fingerprint density at radius 2 is 2.04 bits per heavy atom. The fraction of sp³-hybridized carbons (Fsp3) is 0.562. The van der Waals surface area contributed by atoms with Crippen molar-refractivity contribution in [2.75, 3.05) is 20.2 Å². The monoisotopic (exact) mass is 357 g/mol. The third-order valence-electron chi connectivity index (χ3n) is 4.32. The third kappa shape index (κ3) is 3.55. The van der Waals surface area contributed by atoms with Crippen molar-refractivity contribution in [1.29, 1.82) is 0 Å². The third-order valence-corrected chi connectivity index (χ3v) is 6.18. The summed E-state index contributed by atoms with van der Waals surface area (Å²) in [5, 5.41) is 18.9. The van der Waals surface area contributed by atoms with E-state index in [9.17, 15) is 18.3 Å². The Labute approximate surface area is 141 Å². The van der Waals surface area contributed by atoms with Crippen molar-refractivity contribution in [3.05, 3.63) is 23.8 Å². The molecule has 2 N–H and O–H groups in total. The van der Waals surface area contributed by atoms with Gasteiger partial charge in [-0.25, -0.2) is 8.42 Å². The predicted molar refractivity (Wildman–Crippen MR) is 87.6 cm³/mol. The highest BCUT2D eigenvalue weighted by atomic mass is 32.2. The summed E-state index contributed by atoms with van der Waals surface area (Å²) in [6, 6.07) is 4.64. The van der Waals surface area contributed by atoms with Gasteiger partial charge in [-0.15, -0.1) is 0 Å². The summed E-state index contributed by atoms with van der Waals surface area (Å²) in [4.78, 5) is 11.3. The Morgan fingerprint density at radius 1 is 1.38 bits per heavy atom. The molecule has 134 valence electrons. The maximum atomic E-state index is 12.8. The Bertz CT molecular complexity index is 715. The first-order chi connectivity index (χ1) is 11.2. The van der Waals surface area contributed by atoms with Crippen LogP contribution in [0, 0.1) is 5.92 Å². The van der Waals surface area contributed by atoms with E-state index < -0.39 is 28.0 Å². The van der Waals surface area contributed by atoms with Gasteiger partial charge < -0.3 is 14.9 Å². The lowest BCUT2D eigenvalue weighted by molar-refractivity contribution is -0.147. The van der Waals surface area contributed by atoms with E-state index in [2.05, 4.69) is 0 Å². The number of rotatable bonds is 5. The highest BCUT2D eigenvalue weighted by molar-refractivity contribution is 7.89. The number of carboxylic acid groups (broad SMARTS) is 1. The van der Waals surface area contributed by atoms with Gasteiger partial charge in [0.25, 0.3) is 0 Å². The molecule has 1 aliphatic rings. The number of benzene rings is 1. The second kappa shape index (κ2) is 7.08. The molecule has 1 aromatic rings. The molecule has 2 rings (SSSR count). The van der Waals surface area contributed by atoms with Crippen LogP contribution in [0.15, 0.2) is 23.1 Å². The van der Waals surface area contributed by atoms with E-state index in [1.54, 1.807) is 12.1 Å². The quantitative estimate of drug-likeness (QED) is 0.822. The molecule has 0 aliphatic carbocycles. The van der Waals surface area contributed by atoms with Crippen molar-refractivity contribution >= 4 is 16.0 Å². The minimum atomic E-state index is -3.83. The summed E-state index contributed by atoms with van der Waals surface area (Å²) in [5.74, 6) is -1.62. The Morgan fingerprint density at radius 3 is 2.58 bits per heavy atom. The van der Waals surface area contributed by atoms with Crippen LogP contribution in [0.5, 0.6) is 5.75 Å². The van der Waals surface area contributed by atoms with Crippen molar-refractivity contribution in [3.63, 3.8) is 0 Å². The van der Waals surface area contributed by atoms with Gasteiger partial charge in [-0.3, -0.25) is 4.79 Å². The summed E-state index contributed by atoms with van der Waals surface area (Å²) < 4.78 is 32.1. The fourth-order valence-corrected chi connectivity index (χ4v) is 4.36. The number of aliphatic carboxylic acids is 1. The summed E-state index contributed by atoms with van der Waals surface area (Å²) in [7, 11) is -2.30. The molecule has 0 spiro atoms. The van der Waals surface area contributed by atoms with E-state index in [-0.39, 0.29) is 30.3 Å². The van der Waals surface area contributed by atoms with Crippen LogP contribution in [0.4, 0.5) is 0 Å². The molecule has 8 heteroatoms. The van der Waals surface area contributed by atoms with E-state index in [0.29, 0.717) is 5.75 Å². The summed E-state index contributed by atoms with van der Waals surface area (Å²) in [6.45, 7) is 3.73. The zero-order valence-corrected chi connectivity index (χ0v) is 14.8. The van der Waals surface area contributed by atoms with E-state index in [1.807, 2.05) is 13.8 Å². The molecule has 0 saturated carbocycles. The number of ether oxygens (including phenoxy) is 1. The molecule has 0 unspecified atom stereocenters. The molecule has 1 aliphatic heterocycles. The van der Waals surface area contributed by atoms with E-state index in [4.69, 9.17) is 9.84 Å². The van der Waals surface area contributed by atoms with Gasteiger partial charge in [0.05, 0.1) is 24.0 Å². The van der Waals surface area contributed by atoms with E-state index in [0.717, 1.165) is 9.87 Å². The van der Waals surface area contributed by atoms with Gasteiger partial charge in [0.1, 0.15) is 5.75 Å². The topological polar surface area (TPSA) is 104 Å². The maximum Gasteiger partial charge on any atom is 0.310 e. The minimum Gasteiger partial charge on any atom is -0.496 e. The first-order valence-electron chi connectivity index (χ1n) is 7.77. The van der Waals surface area contributed by atoms with Gasteiger partial charge in [-0.2, -0.15) is 4.31 Å². The van der Waals surface area contributed by atoms with Gasteiger partial charge in [-0.1, -0.05) is 13.8 Å². The molecule has 0 radical (unpaired) electrons. The van der Waals surface area contributed by atoms with Crippen LogP contribution < -0.4 is 4.74 Å². The number of aliphatic hydroxyl groups excluding tert-OH is 1. The van der Waals surface area contributed by atoms with Gasteiger partial charge in [0, 0.05) is 13.1 Å². The average Bonchev–Trinajstić information content (AvgIpc) is 2.53. The zero-order valence-electron chi connectivity index (χ0n) is 14.0. The number of sulfonamides is 1. The molecule has 1 saturated heterocycles. The van der Waals surface area contributed by atoms with Crippen molar-refractivity contribution in [1.82, 2.24) is 4.31 Å². The Kier molecular flexibility index (Phi) is 5.52. The predicted octanol–water partition coefficient (Wildman–Crippen LogP) is 1.27. The van der Waals surface area contributed by atoms with E-state index in [1.165, 1.54) is 13.2 Å². The number of nitrogens with zero attached hydrogens (tertiary/aromatic N) is 1. The van der Waals surface area contributed by atoms with Crippen molar-refractivity contribution < 1.29 is 28.2 Å². The molecular weight excluding hydrogens is 334 g/mol. The molecule has 0 bridgehead atoms. The lowest BCUT2D eigenvalue weighted by Crippen LogP contribution is -2.48. The SMILES string of the molecule is COc1ccc(S(=O)(=O)N2CC[C@H](O)[C@@H](C(=O)O)C2)cc1C(C)C. The minimum absolute atomic E-state index is 0.0741. The van der Waals surface area contributed by atoms with Gasteiger partial charge in [0.2, 0.25) is 10.0 Å². The van der Waals surface area contributed by atoms with Gasteiger partial charge in [-0.05, 0) is 36.1 Å². The highest BCUT2D eigenvalue weighted by Gasteiger charge is 2.38. The van der Waals surface area contributed by atoms with Crippen LogP contribution in [-0.4, -0.2) is 55.2 Å². The number of carboxylic acids is 1. The molecule has 1 heterocycles. The van der Waals surface area contributed by atoms with Crippen LogP contribution in [0.3, 0.4) is 0 Å². The van der Waals surface area contributed by atoms with Crippen LogP contribution in [0.2, 0.25) is 0 Å². The molecule has 1 aromatic carbocycles. The first kappa shape index (κ1) is 18.7. The van der Waals surface area contributed by atoms with Crippen molar-refractivity contribution in [2.24, 2.45) is 5.92 Å². The summed E-state index contributed by atoms with van der Waals surface area (Å²) in [5.41, 5.74) is 0.769. The standard InChI is InChI=1S/C16H23NO6S/c1-10(2)12-8-11(4-5-15(12)23-3)24(21,22)17-7-6-14(18)13(9-17)16(19)20/h4-5,8,10,13-14,18H,6-7,9H2,1-3H3,(H,19,20)/t13-,14-/m0/s1. The fourth-order valence-electron chi connectivity index (χ4n) is 2.84. The number of methoxy groups -OCH3 is 1. The second-order valence-electron chi connectivity index (χ2n) is 6.22. The molecule has 0 amide bonds. The van der Waals surface area contributed by atoms with Crippen molar-refractivity contribution in [3.8, 4) is 5.75 Å². The molecule has 1 fully saturated rings. The van der Waals surface area contributed by atoms with Gasteiger partial charge in [0.15, 0.2) is 0 Å². The summed E-state index contributed by atoms with van der Waals surface area (Å²) >= 11 is 0. The molecule has 2 atom stereocenters. The number of aliphatic hydroxyl groups is 1. The highest BCUT2D eigenvalue weighted by Crippen LogP contribution is 2.31. The lowest BCUT2D eigenvalue weighted by atomic mass is 9.96. The maximum absolute atomic E-state index is 12.8. The van der Waals surface area contributed by atoms with Crippen LogP contribution in [0.1, 0.15) is 31.7 Å². The smallest absolute Gasteiger partial charge is 0.310 e. The number of carbonyl (C=O) groups is 1. The largest absolute Gasteiger partial charge is 0.496 e. The zero-order chi connectivity index (χ0) is 18.1. The van der Waals surface area contributed by atoms with Crippen LogP contribution in [0.25, 0.3) is 0 Å². The number of hydrogen-bond donors (Lipinski definition) is 2. The molecule has 7 nitrogen and oxygen atoms in total. The number of piperidine rings is 1. The Balaban J connectivity index is 2.37. The number of hydrogen-bond acceptors (Lipinski definition) is 5. The van der Waals surface area contributed by atoms with E-state index >= 15 is 0 Å². The lowest BCUT2D eigenvalue weighted by Gasteiger charge is -2.33. The normalized spacial score (nSPS) is 22.5. The molecular formula is C16H23NO6S. The van der Waals surface area contributed by atoms with Gasteiger partial charge >= 0.3 is 5.97 Å².